The predicted molar refractivity (Wildman–Crippen MR) is 118 cm³/mol. The molecule has 3 rings (SSSR count). The van der Waals surface area contributed by atoms with E-state index in [9.17, 15) is 31.1 Å². The van der Waals surface area contributed by atoms with Crippen LogP contribution in [0.5, 0.6) is 0 Å². The summed E-state index contributed by atoms with van der Waals surface area (Å²) in [5, 5.41) is 0. The van der Waals surface area contributed by atoms with Crippen molar-refractivity contribution in [1.29, 1.82) is 0 Å². The van der Waals surface area contributed by atoms with Crippen molar-refractivity contribution in [3.8, 4) is 0 Å². The molecule has 3 aromatic rings. The molecule has 1 heterocycles. The van der Waals surface area contributed by atoms with Crippen LogP contribution in [0.3, 0.4) is 0 Å². The Morgan fingerprint density at radius 3 is 1.89 bits per heavy atom. The van der Waals surface area contributed by atoms with Gasteiger partial charge in [0, 0.05) is 16.7 Å². The first-order valence-corrected chi connectivity index (χ1v) is 10.6. The number of alkyl halides is 6. The lowest BCUT2D eigenvalue weighted by Crippen LogP contribution is -2.35. The minimum absolute atomic E-state index is 0.0111. The third-order valence-electron chi connectivity index (χ3n) is 5.01. The Hall–Kier alpha value is -3.62. The molecule has 0 fully saturated rings. The average molecular weight is 494 g/mol. The highest BCUT2D eigenvalue weighted by molar-refractivity contribution is 5.73. The third kappa shape index (κ3) is 7.70. The molecule has 0 aliphatic rings. The van der Waals surface area contributed by atoms with Crippen molar-refractivity contribution in [3.05, 3.63) is 100 Å². The SMILES string of the molecule is CCOC(=O)Cc1cc(/C=C/c2ccc(C(F)(F)F)cc2)c[n+](Cc2ccc(C(F)(F)F)cc2)c1. The molecule has 184 valence electrons. The smallest absolute Gasteiger partial charge is 0.416 e. The van der Waals surface area contributed by atoms with Crippen LogP contribution in [-0.4, -0.2) is 12.6 Å². The summed E-state index contributed by atoms with van der Waals surface area (Å²) in [7, 11) is 0. The fraction of sp³-hybridized carbons (Fsp3) is 0.231. The maximum absolute atomic E-state index is 12.8. The Morgan fingerprint density at radius 2 is 1.34 bits per heavy atom. The maximum Gasteiger partial charge on any atom is 0.416 e. The van der Waals surface area contributed by atoms with E-state index in [1.807, 2.05) is 0 Å². The number of carbonyl (C=O) groups excluding carboxylic acids is 1. The second kappa shape index (κ2) is 10.8. The summed E-state index contributed by atoms with van der Waals surface area (Å²) < 4.78 is 83.5. The number of nitrogens with zero attached hydrogens (tertiary/aromatic N) is 1. The summed E-state index contributed by atoms with van der Waals surface area (Å²) in [6.45, 7) is 2.15. The molecule has 0 saturated heterocycles. The second-order valence-electron chi connectivity index (χ2n) is 7.78. The number of ether oxygens (including phenoxy) is 1. The molecular formula is C26H22F6NO2+. The van der Waals surface area contributed by atoms with Gasteiger partial charge in [-0.05, 0) is 48.9 Å². The summed E-state index contributed by atoms with van der Waals surface area (Å²) in [6, 6.07) is 11.2. The molecule has 9 heteroatoms. The van der Waals surface area contributed by atoms with Crippen molar-refractivity contribution in [2.24, 2.45) is 0 Å². The number of hydrogen-bond donors (Lipinski definition) is 0. The zero-order valence-electron chi connectivity index (χ0n) is 18.7. The molecule has 0 spiro atoms. The molecule has 0 saturated carbocycles. The van der Waals surface area contributed by atoms with Gasteiger partial charge in [-0.25, -0.2) is 0 Å². The van der Waals surface area contributed by atoms with Crippen LogP contribution in [0.25, 0.3) is 12.2 Å². The van der Waals surface area contributed by atoms with Crippen molar-refractivity contribution in [2.75, 3.05) is 6.61 Å². The van der Waals surface area contributed by atoms with E-state index in [-0.39, 0.29) is 19.6 Å². The number of hydrogen-bond acceptors (Lipinski definition) is 2. The molecule has 0 N–H and O–H groups in total. The highest BCUT2D eigenvalue weighted by atomic mass is 19.4. The van der Waals surface area contributed by atoms with Gasteiger partial charge in [0.1, 0.15) is 0 Å². The first kappa shape index (κ1) is 26.0. The first-order valence-electron chi connectivity index (χ1n) is 10.6. The van der Waals surface area contributed by atoms with Gasteiger partial charge in [-0.3, -0.25) is 4.79 Å². The Labute approximate surface area is 198 Å². The lowest BCUT2D eigenvalue weighted by molar-refractivity contribution is -0.688. The van der Waals surface area contributed by atoms with Crippen LogP contribution >= 0.6 is 0 Å². The molecule has 35 heavy (non-hydrogen) atoms. The zero-order chi connectivity index (χ0) is 25.6. The van der Waals surface area contributed by atoms with Gasteiger partial charge in [0.25, 0.3) is 0 Å². The predicted octanol–water partition coefficient (Wildman–Crippen LogP) is 6.34. The molecule has 3 nitrogen and oxygen atoms in total. The first-order chi connectivity index (χ1) is 16.4. The fourth-order valence-electron chi connectivity index (χ4n) is 3.37. The number of pyridine rings is 1. The summed E-state index contributed by atoms with van der Waals surface area (Å²) in [4.78, 5) is 12.0. The average Bonchev–Trinajstić information content (AvgIpc) is 2.77. The Kier molecular flexibility index (Phi) is 7.99. The van der Waals surface area contributed by atoms with Crippen LogP contribution in [0, 0.1) is 0 Å². The molecule has 0 unspecified atom stereocenters. The fourth-order valence-corrected chi connectivity index (χ4v) is 3.37. The van der Waals surface area contributed by atoms with Crippen LogP contribution in [0.4, 0.5) is 26.3 Å². The van der Waals surface area contributed by atoms with Crippen molar-refractivity contribution < 1.29 is 40.4 Å². The highest BCUT2D eigenvalue weighted by Crippen LogP contribution is 2.30. The van der Waals surface area contributed by atoms with Crippen molar-refractivity contribution in [3.63, 3.8) is 0 Å². The van der Waals surface area contributed by atoms with Gasteiger partial charge >= 0.3 is 18.3 Å². The molecule has 0 aliphatic heterocycles. The van der Waals surface area contributed by atoms with Crippen molar-refractivity contribution in [2.45, 2.75) is 32.2 Å². The van der Waals surface area contributed by atoms with Crippen molar-refractivity contribution in [1.82, 2.24) is 0 Å². The normalized spacial score (nSPS) is 12.2. The van der Waals surface area contributed by atoms with Gasteiger partial charge in [-0.1, -0.05) is 30.3 Å². The van der Waals surface area contributed by atoms with E-state index in [0.29, 0.717) is 22.3 Å². The molecule has 0 radical (unpaired) electrons. The topological polar surface area (TPSA) is 30.2 Å². The van der Waals surface area contributed by atoms with Crippen LogP contribution in [0.1, 0.15) is 40.3 Å². The van der Waals surface area contributed by atoms with E-state index in [1.54, 1.807) is 42.1 Å². The van der Waals surface area contributed by atoms with Gasteiger partial charge < -0.3 is 4.74 Å². The van der Waals surface area contributed by atoms with Gasteiger partial charge in [-0.15, -0.1) is 0 Å². The molecule has 0 atom stereocenters. The van der Waals surface area contributed by atoms with E-state index in [2.05, 4.69) is 0 Å². The summed E-state index contributed by atoms with van der Waals surface area (Å²) in [5.41, 5.74) is 0.934. The van der Waals surface area contributed by atoms with Gasteiger partial charge in [0.15, 0.2) is 18.9 Å². The lowest BCUT2D eigenvalue weighted by Gasteiger charge is -2.07. The van der Waals surface area contributed by atoms with Crippen LogP contribution in [0.15, 0.2) is 67.0 Å². The number of carbonyl (C=O) groups is 1. The van der Waals surface area contributed by atoms with Gasteiger partial charge in [0.2, 0.25) is 0 Å². The standard InChI is InChI=1S/C26H22F6NO2/c1-2-35-24(34)14-21-13-20(4-3-18-5-9-22(10-6-18)25(27,28)29)16-33(17-21)15-19-7-11-23(12-8-19)26(30,31)32/h3-13,16-17H,2,14-15H2,1H3/q+1/b4-3+. The minimum Gasteiger partial charge on any atom is -0.466 e. The number of benzene rings is 2. The number of aromatic nitrogens is 1. The van der Waals surface area contributed by atoms with Gasteiger partial charge in [-0.2, -0.15) is 30.9 Å². The number of rotatable bonds is 7. The highest BCUT2D eigenvalue weighted by Gasteiger charge is 2.30. The quantitative estimate of drug-likeness (QED) is 0.218. The number of esters is 1. The molecule has 0 bridgehead atoms. The molecule has 0 amide bonds. The largest absolute Gasteiger partial charge is 0.466 e. The Balaban J connectivity index is 1.86. The maximum atomic E-state index is 12.8. The summed E-state index contributed by atoms with van der Waals surface area (Å²) >= 11 is 0. The Bertz CT molecular complexity index is 1180. The van der Waals surface area contributed by atoms with Crippen LogP contribution in [0.2, 0.25) is 0 Å². The molecule has 0 aliphatic carbocycles. The molecular weight excluding hydrogens is 472 g/mol. The molecule has 1 aromatic heterocycles. The van der Waals surface area contributed by atoms with E-state index < -0.39 is 29.4 Å². The monoisotopic (exact) mass is 494 g/mol. The summed E-state index contributed by atoms with van der Waals surface area (Å²) in [6.07, 6.45) is -2.12. The minimum atomic E-state index is -4.43. The van der Waals surface area contributed by atoms with Crippen molar-refractivity contribution >= 4 is 18.1 Å². The molecule has 2 aromatic carbocycles. The van der Waals surface area contributed by atoms with E-state index in [0.717, 1.165) is 24.3 Å². The zero-order valence-corrected chi connectivity index (χ0v) is 18.7. The summed E-state index contributed by atoms with van der Waals surface area (Å²) in [5.74, 6) is -0.433. The van der Waals surface area contributed by atoms with E-state index in [4.69, 9.17) is 4.74 Å². The van der Waals surface area contributed by atoms with E-state index in [1.165, 1.54) is 24.3 Å². The number of halogens is 6. The van der Waals surface area contributed by atoms with E-state index >= 15 is 0 Å². The third-order valence-corrected chi connectivity index (χ3v) is 5.01. The van der Waals surface area contributed by atoms with Crippen LogP contribution < -0.4 is 4.57 Å². The van der Waals surface area contributed by atoms with Crippen LogP contribution in [-0.2, 0) is 34.8 Å². The Morgan fingerprint density at radius 1 is 0.800 bits per heavy atom. The lowest BCUT2D eigenvalue weighted by atomic mass is 10.1. The second-order valence-corrected chi connectivity index (χ2v) is 7.78. The van der Waals surface area contributed by atoms with Gasteiger partial charge in [0.05, 0.1) is 24.2 Å².